The van der Waals surface area contributed by atoms with Crippen molar-refractivity contribution in [1.82, 2.24) is 0 Å². The molecule has 0 saturated heterocycles. The van der Waals surface area contributed by atoms with Crippen LogP contribution in [0, 0.1) is 6.92 Å². The number of fused-ring (bicyclic) bond motifs is 2. The molecular formula is C25H23BrN2O3S. The lowest BCUT2D eigenvalue weighted by Crippen LogP contribution is -2.35. The number of nitrogens with zero attached hydrogens (tertiary/aromatic N) is 2. The summed E-state index contributed by atoms with van der Waals surface area (Å²) in [5.74, 6) is -0.0544. The van der Waals surface area contributed by atoms with Gasteiger partial charge >= 0.3 is 0 Å². The number of hydrogen-bond acceptors (Lipinski definition) is 3. The summed E-state index contributed by atoms with van der Waals surface area (Å²) < 4.78 is 28.8. The average Bonchev–Trinajstić information content (AvgIpc) is 3.33. The van der Waals surface area contributed by atoms with Gasteiger partial charge in [-0.3, -0.25) is 9.10 Å². The molecule has 1 atom stereocenters. The molecule has 3 aromatic rings. The zero-order chi connectivity index (χ0) is 22.6. The summed E-state index contributed by atoms with van der Waals surface area (Å²) in [6.45, 7) is 4.35. The van der Waals surface area contributed by atoms with Crippen molar-refractivity contribution in [3.63, 3.8) is 0 Å². The zero-order valence-corrected chi connectivity index (χ0v) is 20.3. The Labute approximate surface area is 196 Å². The van der Waals surface area contributed by atoms with E-state index in [0.29, 0.717) is 24.2 Å². The van der Waals surface area contributed by atoms with Crippen molar-refractivity contribution in [2.24, 2.45) is 0 Å². The number of aryl methyl sites for hydroxylation is 1. The van der Waals surface area contributed by atoms with E-state index in [0.717, 1.165) is 33.3 Å². The highest BCUT2D eigenvalue weighted by molar-refractivity contribution is 9.10. The lowest BCUT2D eigenvalue weighted by Gasteiger charge is -2.23. The van der Waals surface area contributed by atoms with Crippen LogP contribution in [0.1, 0.15) is 34.0 Å². The molecule has 0 spiro atoms. The molecule has 1 amide bonds. The fourth-order valence-corrected chi connectivity index (χ4v) is 6.55. The van der Waals surface area contributed by atoms with E-state index in [1.807, 2.05) is 30.0 Å². The number of hydrogen-bond donors (Lipinski definition) is 0. The minimum Gasteiger partial charge on any atom is -0.305 e. The quantitative estimate of drug-likeness (QED) is 0.492. The molecule has 2 aliphatic heterocycles. The normalized spacial score (nSPS) is 17.4. The molecule has 0 fully saturated rings. The first-order valence-electron chi connectivity index (χ1n) is 10.6. The minimum atomic E-state index is -3.64. The van der Waals surface area contributed by atoms with Gasteiger partial charge in [0, 0.05) is 28.3 Å². The van der Waals surface area contributed by atoms with Crippen molar-refractivity contribution in [2.75, 3.05) is 15.7 Å². The average molecular weight is 511 g/mol. The minimum absolute atomic E-state index is 0.0544. The van der Waals surface area contributed by atoms with Crippen molar-refractivity contribution in [3.05, 3.63) is 87.4 Å². The van der Waals surface area contributed by atoms with Gasteiger partial charge in [0.05, 0.1) is 10.6 Å². The monoisotopic (exact) mass is 510 g/mol. The molecule has 2 aliphatic rings. The maximum atomic E-state index is 13.4. The van der Waals surface area contributed by atoms with Crippen LogP contribution in [0.15, 0.2) is 70.0 Å². The first-order valence-corrected chi connectivity index (χ1v) is 12.8. The standard InChI is InChI=1S/C25H23BrN2O3S/c1-16-3-7-22(8-4-16)32(30,31)27-12-11-18-14-19(5-9-23(18)27)25(29)28-17(2)13-20-15-21(26)6-10-24(20)28/h3-10,14-15,17H,11-13H2,1-2H3. The summed E-state index contributed by atoms with van der Waals surface area (Å²) in [5.41, 5.74) is 5.22. The molecule has 0 saturated carbocycles. The van der Waals surface area contributed by atoms with Crippen LogP contribution in [0.5, 0.6) is 0 Å². The van der Waals surface area contributed by atoms with E-state index in [1.54, 1.807) is 36.4 Å². The molecule has 32 heavy (non-hydrogen) atoms. The van der Waals surface area contributed by atoms with E-state index in [9.17, 15) is 13.2 Å². The SMILES string of the molecule is Cc1ccc(S(=O)(=O)N2CCc3cc(C(=O)N4c5ccc(Br)cc5CC4C)ccc32)cc1. The van der Waals surface area contributed by atoms with Gasteiger partial charge in [-0.15, -0.1) is 0 Å². The Morgan fingerprint density at radius 2 is 1.69 bits per heavy atom. The van der Waals surface area contributed by atoms with Crippen molar-refractivity contribution in [2.45, 2.75) is 37.6 Å². The number of rotatable bonds is 3. The first kappa shape index (κ1) is 21.2. The van der Waals surface area contributed by atoms with Crippen LogP contribution < -0.4 is 9.21 Å². The van der Waals surface area contributed by atoms with Crippen molar-refractivity contribution in [1.29, 1.82) is 0 Å². The van der Waals surface area contributed by atoms with Gasteiger partial charge in [-0.05, 0) is 86.3 Å². The van der Waals surface area contributed by atoms with Crippen molar-refractivity contribution < 1.29 is 13.2 Å². The number of halogens is 1. The molecule has 5 nitrogen and oxygen atoms in total. The predicted octanol–water partition coefficient (Wildman–Crippen LogP) is 5.10. The predicted molar refractivity (Wildman–Crippen MR) is 130 cm³/mol. The number of carbonyl (C=O) groups is 1. The molecule has 7 heteroatoms. The Hall–Kier alpha value is -2.64. The Morgan fingerprint density at radius 1 is 0.969 bits per heavy atom. The largest absolute Gasteiger partial charge is 0.305 e. The smallest absolute Gasteiger partial charge is 0.264 e. The second kappa shape index (κ2) is 7.74. The molecule has 0 aliphatic carbocycles. The van der Waals surface area contributed by atoms with Gasteiger partial charge in [-0.2, -0.15) is 0 Å². The van der Waals surface area contributed by atoms with Gasteiger partial charge in [0.25, 0.3) is 15.9 Å². The number of benzene rings is 3. The van der Waals surface area contributed by atoms with Crippen molar-refractivity contribution in [3.8, 4) is 0 Å². The van der Waals surface area contributed by atoms with Gasteiger partial charge in [0.15, 0.2) is 0 Å². The molecule has 5 rings (SSSR count). The molecule has 0 radical (unpaired) electrons. The Bertz CT molecular complexity index is 1340. The summed E-state index contributed by atoms with van der Waals surface area (Å²) in [6, 6.07) is 18.3. The molecule has 164 valence electrons. The molecule has 1 unspecified atom stereocenters. The van der Waals surface area contributed by atoms with Gasteiger partial charge < -0.3 is 4.90 Å². The van der Waals surface area contributed by atoms with Gasteiger partial charge in [0.2, 0.25) is 0 Å². The van der Waals surface area contributed by atoms with Gasteiger partial charge in [-0.25, -0.2) is 8.42 Å². The number of sulfonamides is 1. The van der Waals surface area contributed by atoms with E-state index in [4.69, 9.17) is 0 Å². The van der Waals surface area contributed by atoms with Crippen LogP contribution in [0.3, 0.4) is 0 Å². The fraction of sp³-hybridized carbons (Fsp3) is 0.240. The summed E-state index contributed by atoms with van der Waals surface area (Å²) in [7, 11) is -3.64. The molecule has 0 aromatic heterocycles. The van der Waals surface area contributed by atoms with Gasteiger partial charge in [0.1, 0.15) is 0 Å². The highest BCUT2D eigenvalue weighted by Gasteiger charge is 2.34. The lowest BCUT2D eigenvalue weighted by molar-refractivity contribution is 0.0981. The van der Waals surface area contributed by atoms with Crippen LogP contribution in [0.2, 0.25) is 0 Å². The molecule has 2 heterocycles. The highest BCUT2D eigenvalue weighted by Crippen LogP contribution is 2.37. The second-order valence-electron chi connectivity index (χ2n) is 8.49. The Balaban J connectivity index is 1.46. The molecule has 0 N–H and O–H groups in total. The highest BCUT2D eigenvalue weighted by atomic mass is 79.9. The van der Waals surface area contributed by atoms with Crippen LogP contribution in [-0.4, -0.2) is 26.9 Å². The van der Waals surface area contributed by atoms with Crippen LogP contribution in [0.25, 0.3) is 0 Å². The second-order valence-corrected chi connectivity index (χ2v) is 11.3. The third-order valence-electron chi connectivity index (χ3n) is 6.26. The van der Waals surface area contributed by atoms with E-state index < -0.39 is 10.0 Å². The summed E-state index contributed by atoms with van der Waals surface area (Å²) in [6.07, 6.45) is 1.40. The third kappa shape index (κ3) is 3.44. The van der Waals surface area contributed by atoms with E-state index in [1.165, 1.54) is 4.31 Å². The number of amides is 1. The molecule has 3 aromatic carbocycles. The van der Waals surface area contributed by atoms with Gasteiger partial charge in [-0.1, -0.05) is 33.6 Å². The Morgan fingerprint density at radius 3 is 2.44 bits per heavy atom. The van der Waals surface area contributed by atoms with Crippen LogP contribution >= 0.6 is 15.9 Å². The van der Waals surface area contributed by atoms with E-state index in [-0.39, 0.29) is 16.8 Å². The number of anilines is 2. The topological polar surface area (TPSA) is 57.7 Å². The maximum Gasteiger partial charge on any atom is 0.264 e. The van der Waals surface area contributed by atoms with E-state index >= 15 is 0 Å². The fourth-order valence-electron chi connectivity index (χ4n) is 4.64. The zero-order valence-electron chi connectivity index (χ0n) is 17.9. The summed E-state index contributed by atoms with van der Waals surface area (Å²) >= 11 is 3.51. The first-order chi connectivity index (χ1) is 15.3. The van der Waals surface area contributed by atoms with Crippen molar-refractivity contribution >= 4 is 43.2 Å². The number of carbonyl (C=O) groups excluding carboxylic acids is 1. The molecular weight excluding hydrogens is 488 g/mol. The van der Waals surface area contributed by atoms with E-state index in [2.05, 4.69) is 28.9 Å². The van der Waals surface area contributed by atoms with Crippen LogP contribution in [-0.2, 0) is 22.9 Å². The lowest BCUT2D eigenvalue weighted by atomic mass is 10.1. The Kier molecular flexibility index (Phi) is 5.13. The molecule has 0 bridgehead atoms. The third-order valence-corrected chi connectivity index (χ3v) is 8.59. The summed E-state index contributed by atoms with van der Waals surface area (Å²) in [4.78, 5) is 15.5. The van der Waals surface area contributed by atoms with Crippen LogP contribution in [0.4, 0.5) is 11.4 Å². The summed E-state index contributed by atoms with van der Waals surface area (Å²) in [5, 5.41) is 0. The maximum absolute atomic E-state index is 13.4.